The summed E-state index contributed by atoms with van der Waals surface area (Å²) in [6.07, 6.45) is 0.172. The number of carbonyl (C=O) groups excluding carboxylic acids is 4. The Morgan fingerprint density at radius 2 is 1.86 bits per heavy atom. The largest absolute Gasteiger partial charge is 0.326 e. The number of ketones is 1. The van der Waals surface area contributed by atoms with Crippen molar-refractivity contribution in [1.29, 1.82) is 0 Å². The minimum atomic E-state index is -0.834. The molecule has 0 aliphatic carbocycles. The number of rotatable bonds is 5. The third-order valence-electron chi connectivity index (χ3n) is 3.15. The minimum Gasteiger partial charge on any atom is -0.326 e. The number of benzene rings is 1. The van der Waals surface area contributed by atoms with Gasteiger partial charge in [-0.15, -0.1) is 0 Å². The Bertz CT molecular complexity index is 596. The zero-order chi connectivity index (χ0) is 15.4. The van der Waals surface area contributed by atoms with E-state index in [1.54, 1.807) is 24.3 Å². The Morgan fingerprint density at radius 3 is 2.48 bits per heavy atom. The quantitative estimate of drug-likeness (QED) is 0.538. The third-order valence-corrected chi connectivity index (χ3v) is 3.15. The molecule has 0 bridgehead atoms. The van der Waals surface area contributed by atoms with Crippen LogP contribution in [0.25, 0.3) is 0 Å². The molecule has 0 atom stereocenters. The van der Waals surface area contributed by atoms with Crippen LogP contribution in [0.4, 0.5) is 5.69 Å². The molecule has 3 N–H and O–H groups in total. The first kappa shape index (κ1) is 14.7. The topological polar surface area (TPSA) is 104 Å². The second-order valence-electron chi connectivity index (χ2n) is 4.75. The van der Waals surface area contributed by atoms with E-state index >= 15 is 0 Å². The van der Waals surface area contributed by atoms with E-state index in [4.69, 9.17) is 0 Å². The van der Waals surface area contributed by atoms with Crippen molar-refractivity contribution in [3.8, 4) is 0 Å². The zero-order valence-electron chi connectivity index (χ0n) is 11.4. The molecule has 1 heterocycles. The number of hydrogen-bond donors (Lipinski definition) is 3. The summed E-state index contributed by atoms with van der Waals surface area (Å²) in [5.74, 6) is -2.09. The van der Waals surface area contributed by atoms with Crippen molar-refractivity contribution in [2.75, 3.05) is 5.32 Å². The molecule has 21 heavy (non-hydrogen) atoms. The minimum absolute atomic E-state index is 0.0375. The van der Waals surface area contributed by atoms with Gasteiger partial charge in [0.05, 0.1) is 0 Å². The molecule has 1 fully saturated rings. The molecule has 7 heteroatoms. The Morgan fingerprint density at radius 1 is 1.19 bits per heavy atom. The van der Waals surface area contributed by atoms with Gasteiger partial charge in [0, 0.05) is 17.7 Å². The van der Waals surface area contributed by atoms with Crippen LogP contribution in [0.1, 0.15) is 30.1 Å². The SMILES string of the molecule is CC(=O)c1cccc(NC(=O)CCC2C(=O)NNC2=O)c1. The van der Waals surface area contributed by atoms with E-state index < -0.39 is 17.7 Å². The summed E-state index contributed by atoms with van der Waals surface area (Å²) < 4.78 is 0. The number of nitrogens with one attached hydrogen (secondary N) is 3. The van der Waals surface area contributed by atoms with Crippen molar-refractivity contribution in [2.45, 2.75) is 19.8 Å². The monoisotopic (exact) mass is 289 g/mol. The normalized spacial score (nSPS) is 14.5. The lowest BCUT2D eigenvalue weighted by Crippen LogP contribution is -2.28. The molecule has 0 radical (unpaired) electrons. The first-order valence-electron chi connectivity index (χ1n) is 6.48. The van der Waals surface area contributed by atoms with Gasteiger partial charge in [0.2, 0.25) is 5.91 Å². The number of Topliss-reactive ketones (excluding diaryl/α,β-unsaturated/α-hetero) is 1. The van der Waals surface area contributed by atoms with Crippen molar-refractivity contribution in [1.82, 2.24) is 10.9 Å². The van der Waals surface area contributed by atoms with Gasteiger partial charge in [0.1, 0.15) is 5.92 Å². The summed E-state index contributed by atoms with van der Waals surface area (Å²) >= 11 is 0. The molecule has 1 aliphatic rings. The van der Waals surface area contributed by atoms with Gasteiger partial charge in [-0.1, -0.05) is 12.1 Å². The average Bonchev–Trinajstić information content (AvgIpc) is 2.76. The van der Waals surface area contributed by atoms with E-state index in [9.17, 15) is 19.2 Å². The van der Waals surface area contributed by atoms with Crippen LogP contribution in [0, 0.1) is 5.92 Å². The number of anilines is 1. The molecule has 1 aromatic carbocycles. The lowest BCUT2D eigenvalue weighted by Gasteiger charge is -2.07. The molecule has 1 saturated heterocycles. The maximum atomic E-state index is 11.8. The fourth-order valence-corrected chi connectivity index (χ4v) is 1.99. The van der Waals surface area contributed by atoms with Crippen molar-refractivity contribution < 1.29 is 19.2 Å². The standard InChI is InChI=1S/C14H15N3O4/c1-8(18)9-3-2-4-10(7-9)15-12(19)6-5-11-13(20)16-17-14(11)21/h2-4,7,11H,5-6H2,1H3,(H,15,19)(H,16,20)(H,17,21). The highest BCUT2D eigenvalue weighted by molar-refractivity contribution is 6.05. The Labute approximate surface area is 121 Å². The second kappa shape index (κ2) is 6.17. The summed E-state index contributed by atoms with van der Waals surface area (Å²) in [5.41, 5.74) is 5.42. The molecular weight excluding hydrogens is 274 g/mol. The van der Waals surface area contributed by atoms with E-state index in [1.165, 1.54) is 6.92 Å². The predicted octanol–water partition coefficient (Wildman–Crippen LogP) is 0.385. The lowest BCUT2D eigenvalue weighted by atomic mass is 10.0. The van der Waals surface area contributed by atoms with E-state index in [0.717, 1.165) is 0 Å². The summed E-state index contributed by atoms with van der Waals surface area (Å²) in [6.45, 7) is 1.44. The molecular formula is C14H15N3O4. The van der Waals surface area contributed by atoms with Crippen LogP contribution in [-0.4, -0.2) is 23.5 Å². The van der Waals surface area contributed by atoms with Crippen LogP contribution in [0.3, 0.4) is 0 Å². The van der Waals surface area contributed by atoms with Gasteiger partial charge < -0.3 is 5.32 Å². The Hall–Kier alpha value is -2.70. The zero-order valence-corrected chi connectivity index (χ0v) is 11.4. The molecule has 2 rings (SSSR count). The second-order valence-corrected chi connectivity index (χ2v) is 4.75. The van der Waals surface area contributed by atoms with Crippen LogP contribution in [0.2, 0.25) is 0 Å². The van der Waals surface area contributed by atoms with Gasteiger partial charge in [0.25, 0.3) is 11.8 Å². The molecule has 0 saturated carbocycles. The first-order valence-corrected chi connectivity index (χ1v) is 6.48. The molecule has 3 amide bonds. The number of hydrazine groups is 1. The van der Waals surface area contributed by atoms with Gasteiger partial charge in [-0.2, -0.15) is 0 Å². The molecule has 110 valence electrons. The van der Waals surface area contributed by atoms with Crippen LogP contribution >= 0.6 is 0 Å². The molecule has 0 unspecified atom stereocenters. The van der Waals surface area contributed by atoms with Crippen molar-refractivity contribution in [3.05, 3.63) is 29.8 Å². The highest BCUT2D eigenvalue weighted by Gasteiger charge is 2.32. The summed E-state index contributed by atoms with van der Waals surface area (Å²) in [6, 6.07) is 6.57. The Kier molecular flexibility index (Phi) is 4.32. The highest BCUT2D eigenvalue weighted by atomic mass is 16.2. The van der Waals surface area contributed by atoms with Crippen LogP contribution in [0.5, 0.6) is 0 Å². The van der Waals surface area contributed by atoms with Crippen molar-refractivity contribution in [2.24, 2.45) is 5.92 Å². The van der Waals surface area contributed by atoms with Crippen LogP contribution in [-0.2, 0) is 14.4 Å². The molecule has 7 nitrogen and oxygen atoms in total. The summed E-state index contributed by atoms with van der Waals surface area (Å²) in [5, 5.41) is 2.64. The number of amides is 3. The van der Waals surface area contributed by atoms with Crippen molar-refractivity contribution in [3.63, 3.8) is 0 Å². The maximum absolute atomic E-state index is 11.8. The highest BCUT2D eigenvalue weighted by Crippen LogP contribution is 2.14. The van der Waals surface area contributed by atoms with Gasteiger partial charge in [-0.05, 0) is 25.5 Å². The molecule has 1 aliphatic heterocycles. The summed E-state index contributed by atoms with van der Waals surface area (Å²) in [7, 11) is 0. The van der Waals surface area contributed by atoms with Crippen LogP contribution in [0.15, 0.2) is 24.3 Å². The van der Waals surface area contributed by atoms with E-state index in [0.29, 0.717) is 11.3 Å². The van der Waals surface area contributed by atoms with Crippen molar-refractivity contribution >= 4 is 29.2 Å². The van der Waals surface area contributed by atoms with E-state index in [1.807, 2.05) is 0 Å². The van der Waals surface area contributed by atoms with Gasteiger partial charge in [0.15, 0.2) is 5.78 Å². The van der Waals surface area contributed by atoms with E-state index in [2.05, 4.69) is 16.2 Å². The number of hydrogen-bond acceptors (Lipinski definition) is 4. The maximum Gasteiger partial charge on any atom is 0.251 e. The van der Waals surface area contributed by atoms with Gasteiger partial charge in [-0.25, -0.2) is 0 Å². The summed E-state index contributed by atoms with van der Waals surface area (Å²) in [4.78, 5) is 45.7. The fourth-order valence-electron chi connectivity index (χ4n) is 1.99. The third kappa shape index (κ3) is 3.65. The Balaban J connectivity index is 1.90. The first-order chi connectivity index (χ1) is 9.97. The predicted molar refractivity (Wildman–Crippen MR) is 74.1 cm³/mol. The lowest BCUT2D eigenvalue weighted by molar-refractivity contribution is -0.128. The molecule has 0 spiro atoms. The van der Waals surface area contributed by atoms with E-state index in [-0.39, 0.29) is 24.5 Å². The smallest absolute Gasteiger partial charge is 0.251 e. The number of carbonyl (C=O) groups is 4. The average molecular weight is 289 g/mol. The van der Waals surface area contributed by atoms with Crippen LogP contribution < -0.4 is 16.2 Å². The van der Waals surface area contributed by atoms with Gasteiger partial charge in [-0.3, -0.25) is 30.0 Å². The fraction of sp³-hybridized carbons (Fsp3) is 0.286. The molecule has 0 aromatic heterocycles. The van der Waals surface area contributed by atoms with Gasteiger partial charge >= 0.3 is 0 Å². The molecule has 1 aromatic rings.